The lowest BCUT2D eigenvalue weighted by molar-refractivity contribution is 0.0691. The summed E-state index contributed by atoms with van der Waals surface area (Å²) in [7, 11) is 0. The zero-order valence-corrected chi connectivity index (χ0v) is 11.5. The van der Waals surface area contributed by atoms with Crippen LogP contribution in [0.15, 0.2) is 23.6 Å². The van der Waals surface area contributed by atoms with Gasteiger partial charge in [-0.3, -0.25) is 4.79 Å². The molecule has 0 atom stereocenters. The van der Waals surface area contributed by atoms with E-state index >= 15 is 0 Å². The molecular weight excluding hydrogens is 311 g/mol. The van der Waals surface area contributed by atoms with Gasteiger partial charge in [0.2, 0.25) is 0 Å². The number of nitrogens with one attached hydrogen (secondary N) is 1. The number of anilines is 1. The molecule has 2 rings (SSSR count). The number of hydrogen-bond donors (Lipinski definition) is 2. The third kappa shape index (κ3) is 3.04. The Labute approximate surface area is 121 Å². The van der Waals surface area contributed by atoms with Crippen molar-refractivity contribution in [3.8, 4) is 0 Å². The molecule has 0 radical (unpaired) electrons. The fraction of sp³-hybridized carbons (Fsp3) is 0. The highest BCUT2D eigenvalue weighted by molar-refractivity contribution is 7.12. The molecular formula is C11H6Cl2N2O3S. The number of thiazole rings is 1. The van der Waals surface area contributed by atoms with Crippen molar-refractivity contribution in [2.24, 2.45) is 0 Å². The van der Waals surface area contributed by atoms with Crippen molar-refractivity contribution < 1.29 is 14.7 Å². The molecule has 0 spiro atoms. The zero-order valence-electron chi connectivity index (χ0n) is 9.18. The van der Waals surface area contributed by atoms with E-state index in [9.17, 15) is 9.59 Å². The summed E-state index contributed by atoms with van der Waals surface area (Å²) in [5.41, 5.74) is 0.0864. The lowest BCUT2D eigenvalue weighted by atomic mass is 10.3. The molecule has 0 aliphatic heterocycles. The molecule has 0 fully saturated rings. The van der Waals surface area contributed by atoms with Crippen LogP contribution < -0.4 is 5.32 Å². The number of amides is 1. The monoisotopic (exact) mass is 316 g/mol. The van der Waals surface area contributed by atoms with E-state index in [2.05, 4.69) is 10.3 Å². The van der Waals surface area contributed by atoms with Gasteiger partial charge in [-0.1, -0.05) is 29.3 Å². The highest BCUT2D eigenvalue weighted by atomic mass is 35.5. The highest BCUT2D eigenvalue weighted by Gasteiger charge is 2.16. The number of carboxylic acids is 1. The Bertz CT molecular complexity index is 637. The highest BCUT2D eigenvalue weighted by Crippen LogP contribution is 2.30. The summed E-state index contributed by atoms with van der Waals surface area (Å²) in [5.74, 6) is -1.75. The van der Waals surface area contributed by atoms with Gasteiger partial charge in [-0.05, 0) is 12.1 Å². The second-order valence-corrected chi connectivity index (χ2v) is 5.07. The minimum absolute atomic E-state index is 0.0217. The first-order valence-electron chi connectivity index (χ1n) is 4.93. The van der Waals surface area contributed by atoms with E-state index in [1.165, 1.54) is 5.38 Å². The van der Waals surface area contributed by atoms with Crippen LogP contribution in [-0.2, 0) is 0 Å². The van der Waals surface area contributed by atoms with Crippen LogP contribution in [0.1, 0.15) is 20.3 Å². The van der Waals surface area contributed by atoms with Crippen LogP contribution in [-0.4, -0.2) is 22.0 Å². The zero-order chi connectivity index (χ0) is 14.0. The van der Waals surface area contributed by atoms with Gasteiger partial charge in [-0.2, -0.15) is 0 Å². The lowest BCUT2D eigenvalue weighted by Gasteiger charge is -2.07. The maximum Gasteiger partial charge on any atom is 0.355 e. The number of carbonyl (C=O) groups excluding carboxylic acids is 1. The second-order valence-electron chi connectivity index (χ2n) is 3.39. The van der Waals surface area contributed by atoms with E-state index in [-0.39, 0.29) is 26.4 Å². The molecule has 8 heteroatoms. The molecule has 0 unspecified atom stereocenters. The standard InChI is InChI=1S/C11H6Cl2N2O3S/c12-5-2-1-3-6(13)8(5)15-9(16)10-14-7(4-19-10)11(17)18/h1-4H,(H,15,16)(H,17,18). The summed E-state index contributed by atoms with van der Waals surface area (Å²) in [5, 5.41) is 13.1. The summed E-state index contributed by atoms with van der Waals surface area (Å²) < 4.78 is 0. The topological polar surface area (TPSA) is 79.3 Å². The van der Waals surface area contributed by atoms with Crippen LogP contribution in [0.2, 0.25) is 10.0 Å². The molecule has 0 saturated heterocycles. The Kier molecular flexibility index (Phi) is 4.04. The average Bonchev–Trinajstić information content (AvgIpc) is 2.83. The third-order valence-corrected chi connectivity index (χ3v) is 3.59. The van der Waals surface area contributed by atoms with Crippen molar-refractivity contribution in [2.45, 2.75) is 0 Å². The normalized spacial score (nSPS) is 10.2. The summed E-state index contributed by atoms with van der Waals surface area (Å²) in [6, 6.07) is 4.80. The quantitative estimate of drug-likeness (QED) is 0.909. The Hall–Kier alpha value is -1.63. The molecule has 2 N–H and O–H groups in total. The van der Waals surface area contributed by atoms with Crippen LogP contribution in [0.4, 0.5) is 5.69 Å². The summed E-state index contributed by atoms with van der Waals surface area (Å²) >= 11 is 12.7. The summed E-state index contributed by atoms with van der Waals surface area (Å²) in [6.07, 6.45) is 0. The van der Waals surface area contributed by atoms with Crippen molar-refractivity contribution in [3.63, 3.8) is 0 Å². The minimum atomic E-state index is -1.19. The Morgan fingerprint density at radius 3 is 2.42 bits per heavy atom. The van der Waals surface area contributed by atoms with Gasteiger partial charge in [0.1, 0.15) is 0 Å². The number of aromatic nitrogens is 1. The number of carboxylic acid groups (broad SMARTS) is 1. The number of rotatable bonds is 3. The van der Waals surface area contributed by atoms with Crippen molar-refractivity contribution in [1.29, 1.82) is 0 Å². The fourth-order valence-electron chi connectivity index (χ4n) is 1.26. The van der Waals surface area contributed by atoms with Gasteiger partial charge >= 0.3 is 5.97 Å². The van der Waals surface area contributed by atoms with Gasteiger partial charge in [-0.25, -0.2) is 9.78 Å². The first-order chi connectivity index (χ1) is 8.99. The molecule has 1 aromatic carbocycles. The van der Waals surface area contributed by atoms with Crippen LogP contribution in [0.25, 0.3) is 0 Å². The molecule has 0 bridgehead atoms. The van der Waals surface area contributed by atoms with Gasteiger partial charge in [0.05, 0.1) is 15.7 Å². The lowest BCUT2D eigenvalue weighted by Crippen LogP contribution is -2.13. The van der Waals surface area contributed by atoms with E-state index in [0.29, 0.717) is 0 Å². The Morgan fingerprint density at radius 1 is 1.26 bits per heavy atom. The van der Waals surface area contributed by atoms with Crippen LogP contribution in [0.5, 0.6) is 0 Å². The largest absolute Gasteiger partial charge is 0.476 e. The first-order valence-corrected chi connectivity index (χ1v) is 6.57. The molecule has 0 aliphatic rings. The smallest absolute Gasteiger partial charge is 0.355 e. The first kappa shape index (κ1) is 13.8. The Balaban J connectivity index is 2.23. The van der Waals surface area contributed by atoms with Gasteiger partial charge < -0.3 is 10.4 Å². The molecule has 2 aromatic rings. The van der Waals surface area contributed by atoms with Gasteiger partial charge in [0.25, 0.3) is 5.91 Å². The molecule has 0 aliphatic carbocycles. The van der Waals surface area contributed by atoms with Crippen molar-refractivity contribution in [2.75, 3.05) is 5.32 Å². The third-order valence-electron chi connectivity index (χ3n) is 2.12. The average molecular weight is 317 g/mol. The predicted molar refractivity (Wildman–Crippen MR) is 73.5 cm³/mol. The van der Waals surface area contributed by atoms with E-state index in [4.69, 9.17) is 28.3 Å². The van der Waals surface area contributed by atoms with E-state index in [0.717, 1.165) is 11.3 Å². The van der Waals surface area contributed by atoms with Crippen molar-refractivity contribution in [3.05, 3.63) is 44.3 Å². The number of aromatic carboxylic acids is 1. The molecule has 5 nitrogen and oxygen atoms in total. The van der Waals surface area contributed by atoms with E-state index in [1.54, 1.807) is 18.2 Å². The SMILES string of the molecule is O=C(O)c1csc(C(=O)Nc2c(Cl)cccc2Cl)n1. The van der Waals surface area contributed by atoms with E-state index in [1.807, 2.05) is 0 Å². The second kappa shape index (κ2) is 5.56. The number of hydrogen-bond acceptors (Lipinski definition) is 4. The van der Waals surface area contributed by atoms with Crippen LogP contribution in [0.3, 0.4) is 0 Å². The summed E-state index contributed by atoms with van der Waals surface area (Å²) in [6.45, 7) is 0. The fourth-order valence-corrected chi connectivity index (χ4v) is 2.44. The van der Waals surface area contributed by atoms with Crippen LogP contribution in [0, 0.1) is 0 Å². The molecule has 98 valence electrons. The van der Waals surface area contributed by atoms with E-state index < -0.39 is 11.9 Å². The van der Waals surface area contributed by atoms with Gasteiger partial charge in [0, 0.05) is 5.38 Å². The van der Waals surface area contributed by atoms with Crippen molar-refractivity contribution >= 4 is 52.1 Å². The van der Waals surface area contributed by atoms with Gasteiger partial charge in [-0.15, -0.1) is 11.3 Å². The van der Waals surface area contributed by atoms with Crippen LogP contribution >= 0.6 is 34.5 Å². The summed E-state index contributed by atoms with van der Waals surface area (Å²) in [4.78, 5) is 26.2. The predicted octanol–water partition coefficient (Wildman–Crippen LogP) is 3.40. The minimum Gasteiger partial charge on any atom is -0.476 e. The number of halogens is 2. The molecule has 1 aromatic heterocycles. The number of carbonyl (C=O) groups is 2. The number of benzene rings is 1. The number of para-hydroxylation sites is 1. The van der Waals surface area contributed by atoms with Crippen molar-refractivity contribution in [1.82, 2.24) is 4.98 Å². The maximum absolute atomic E-state index is 11.9. The molecule has 0 saturated carbocycles. The maximum atomic E-state index is 11.9. The molecule has 1 heterocycles. The Morgan fingerprint density at radius 2 is 1.89 bits per heavy atom. The number of nitrogens with zero attached hydrogens (tertiary/aromatic N) is 1. The molecule has 19 heavy (non-hydrogen) atoms. The van der Waals surface area contributed by atoms with Gasteiger partial charge in [0.15, 0.2) is 10.7 Å². The molecule has 1 amide bonds.